The molecule has 0 bridgehead atoms. The fraction of sp³-hybridized carbons (Fsp3) is 1.00. The zero-order valence-electron chi connectivity index (χ0n) is 11.7. The van der Waals surface area contributed by atoms with E-state index in [1.807, 2.05) is 0 Å². The Balaban J connectivity index is 4.12. The summed E-state index contributed by atoms with van der Waals surface area (Å²) in [6.07, 6.45) is 1.21. The van der Waals surface area contributed by atoms with Crippen molar-refractivity contribution in [1.82, 2.24) is 4.90 Å². The summed E-state index contributed by atoms with van der Waals surface area (Å²) in [6.45, 7) is 12.7. The highest BCUT2D eigenvalue weighted by molar-refractivity contribution is 4.71. The third kappa shape index (κ3) is 7.20. The van der Waals surface area contributed by atoms with E-state index in [4.69, 9.17) is 10.5 Å². The number of nitrogens with zero attached hydrogens (tertiary/aromatic N) is 1. The van der Waals surface area contributed by atoms with E-state index in [-0.39, 0.29) is 0 Å². The van der Waals surface area contributed by atoms with Crippen molar-refractivity contribution in [3.63, 3.8) is 0 Å². The second-order valence-electron chi connectivity index (χ2n) is 5.31. The molecular formula is C13H30N2O. The van der Waals surface area contributed by atoms with Crippen LogP contribution in [0.4, 0.5) is 0 Å². The van der Waals surface area contributed by atoms with Crippen LogP contribution in [0.15, 0.2) is 0 Å². The van der Waals surface area contributed by atoms with Crippen molar-refractivity contribution in [1.29, 1.82) is 0 Å². The van der Waals surface area contributed by atoms with Crippen LogP contribution in [-0.2, 0) is 4.74 Å². The summed E-state index contributed by atoms with van der Waals surface area (Å²) in [5.74, 6) is 1.34. The van der Waals surface area contributed by atoms with Crippen molar-refractivity contribution in [3.05, 3.63) is 0 Å². The fourth-order valence-electron chi connectivity index (χ4n) is 2.01. The standard InChI is InChI=1S/C13H30N2O/c1-11(2)8-13(9-14)10-15(12(3)4)6-7-16-5/h11-13H,6-10,14H2,1-5H3. The van der Waals surface area contributed by atoms with E-state index < -0.39 is 0 Å². The Morgan fingerprint density at radius 2 is 1.81 bits per heavy atom. The van der Waals surface area contributed by atoms with Crippen molar-refractivity contribution in [2.24, 2.45) is 17.6 Å². The lowest BCUT2D eigenvalue weighted by Gasteiger charge is -2.30. The van der Waals surface area contributed by atoms with Crippen LogP contribution in [0.1, 0.15) is 34.1 Å². The van der Waals surface area contributed by atoms with Gasteiger partial charge in [-0.2, -0.15) is 0 Å². The highest BCUT2D eigenvalue weighted by Crippen LogP contribution is 2.13. The molecule has 16 heavy (non-hydrogen) atoms. The summed E-state index contributed by atoms with van der Waals surface area (Å²) < 4.78 is 5.15. The zero-order chi connectivity index (χ0) is 12.6. The maximum Gasteiger partial charge on any atom is 0.0589 e. The first kappa shape index (κ1) is 15.9. The molecule has 2 N–H and O–H groups in total. The van der Waals surface area contributed by atoms with Gasteiger partial charge in [0.25, 0.3) is 0 Å². The Labute approximate surface area is 101 Å². The van der Waals surface area contributed by atoms with Crippen molar-refractivity contribution in [2.75, 3.05) is 33.4 Å². The van der Waals surface area contributed by atoms with E-state index in [2.05, 4.69) is 32.6 Å². The van der Waals surface area contributed by atoms with Gasteiger partial charge in [-0.3, -0.25) is 4.90 Å². The van der Waals surface area contributed by atoms with E-state index in [1.54, 1.807) is 7.11 Å². The number of rotatable bonds is 9. The second-order valence-corrected chi connectivity index (χ2v) is 5.31. The molecule has 1 unspecified atom stereocenters. The van der Waals surface area contributed by atoms with Gasteiger partial charge in [-0.15, -0.1) is 0 Å². The van der Waals surface area contributed by atoms with Crippen LogP contribution < -0.4 is 5.73 Å². The minimum Gasteiger partial charge on any atom is -0.383 e. The summed E-state index contributed by atoms with van der Waals surface area (Å²) in [4.78, 5) is 2.46. The first-order valence-electron chi connectivity index (χ1n) is 6.44. The molecule has 1 atom stereocenters. The topological polar surface area (TPSA) is 38.5 Å². The normalized spacial score (nSPS) is 14.1. The predicted octanol–water partition coefficient (Wildman–Crippen LogP) is 1.96. The molecule has 0 amide bonds. The first-order chi connectivity index (χ1) is 7.51. The molecule has 0 aromatic carbocycles. The van der Waals surface area contributed by atoms with Gasteiger partial charge in [0.1, 0.15) is 0 Å². The largest absolute Gasteiger partial charge is 0.383 e. The Kier molecular flexibility index (Phi) is 8.90. The lowest BCUT2D eigenvalue weighted by atomic mass is 9.96. The molecule has 0 aliphatic heterocycles. The molecule has 0 aliphatic rings. The van der Waals surface area contributed by atoms with Gasteiger partial charge in [-0.05, 0) is 38.6 Å². The van der Waals surface area contributed by atoms with E-state index >= 15 is 0 Å². The van der Waals surface area contributed by atoms with Gasteiger partial charge in [-0.25, -0.2) is 0 Å². The Hall–Kier alpha value is -0.120. The SMILES string of the molecule is COCCN(CC(CN)CC(C)C)C(C)C. The third-order valence-corrected chi connectivity index (χ3v) is 2.94. The molecule has 0 aliphatic carbocycles. The van der Waals surface area contributed by atoms with Gasteiger partial charge in [0.05, 0.1) is 6.61 Å². The van der Waals surface area contributed by atoms with Crippen molar-refractivity contribution >= 4 is 0 Å². The molecule has 0 saturated heterocycles. The Bertz CT molecular complexity index is 160. The van der Waals surface area contributed by atoms with E-state index in [9.17, 15) is 0 Å². The molecule has 3 heteroatoms. The molecule has 0 aromatic rings. The molecule has 0 saturated carbocycles. The maximum atomic E-state index is 5.84. The van der Waals surface area contributed by atoms with Crippen LogP contribution >= 0.6 is 0 Å². The van der Waals surface area contributed by atoms with E-state index in [0.717, 1.165) is 32.2 Å². The summed E-state index contributed by atoms with van der Waals surface area (Å²) >= 11 is 0. The quantitative estimate of drug-likeness (QED) is 0.658. The van der Waals surface area contributed by atoms with Crippen molar-refractivity contribution in [2.45, 2.75) is 40.2 Å². The molecule has 98 valence electrons. The highest BCUT2D eigenvalue weighted by atomic mass is 16.5. The summed E-state index contributed by atoms with van der Waals surface area (Å²) in [6, 6.07) is 0.566. The van der Waals surface area contributed by atoms with Crippen molar-refractivity contribution < 1.29 is 4.74 Å². The monoisotopic (exact) mass is 230 g/mol. The molecule has 0 fully saturated rings. The van der Waals surface area contributed by atoms with E-state index in [0.29, 0.717) is 12.0 Å². The van der Waals surface area contributed by atoms with Gasteiger partial charge in [0.2, 0.25) is 0 Å². The maximum absolute atomic E-state index is 5.84. The lowest BCUT2D eigenvalue weighted by Crippen LogP contribution is -2.40. The van der Waals surface area contributed by atoms with Crippen LogP contribution in [0.5, 0.6) is 0 Å². The van der Waals surface area contributed by atoms with Gasteiger partial charge in [-0.1, -0.05) is 13.8 Å². The Morgan fingerprint density at radius 1 is 1.19 bits per heavy atom. The smallest absolute Gasteiger partial charge is 0.0589 e. The van der Waals surface area contributed by atoms with Crippen LogP contribution in [0.25, 0.3) is 0 Å². The molecule has 0 rings (SSSR count). The number of methoxy groups -OCH3 is 1. The number of ether oxygens (including phenoxy) is 1. The van der Waals surface area contributed by atoms with Crippen LogP contribution in [0.3, 0.4) is 0 Å². The summed E-state index contributed by atoms with van der Waals surface area (Å²) in [7, 11) is 1.76. The average molecular weight is 230 g/mol. The number of nitrogens with two attached hydrogens (primary N) is 1. The summed E-state index contributed by atoms with van der Waals surface area (Å²) in [5.41, 5.74) is 5.84. The zero-order valence-corrected chi connectivity index (χ0v) is 11.7. The minimum absolute atomic E-state index is 0.566. The van der Waals surface area contributed by atoms with Gasteiger partial charge in [0, 0.05) is 26.2 Å². The molecule has 0 heterocycles. The third-order valence-electron chi connectivity index (χ3n) is 2.94. The average Bonchev–Trinajstić information content (AvgIpc) is 2.21. The van der Waals surface area contributed by atoms with Crippen LogP contribution in [-0.4, -0.2) is 44.3 Å². The van der Waals surface area contributed by atoms with Gasteiger partial charge >= 0.3 is 0 Å². The molecule has 0 radical (unpaired) electrons. The second kappa shape index (κ2) is 8.97. The van der Waals surface area contributed by atoms with Crippen LogP contribution in [0.2, 0.25) is 0 Å². The van der Waals surface area contributed by atoms with Gasteiger partial charge < -0.3 is 10.5 Å². The summed E-state index contributed by atoms with van der Waals surface area (Å²) in [5, 5.41) is 0. The first-order valence-corrected chi connectivity index (χ1v) is 6.44. The molecular weight excluding hydrogens is 200 g/mol. The molecule has 0 aromatic heterocycles. The van der Waals surface area contributed by atoms with Gasteiger partial charge in [0.15, 0.2) is 0 Å². The van der Waals surface area contributed by atoms with Crippen molar-refractivity contribution in [3.8, 4) is 0 Å². The minimum atomic E-state index is 0.566. The molecule has 3 nitrogen and oxygen atoms in total. The van der Waals surface area contributed by atoms with E-state index in [1.165, 1.54) is 6.42 Å². The Morgan fingerprint density at radius 3 is 2.19 bits per heavy atom. The lowest BCUT2D eigenvalue weighted by molar-refractivity contribution is 0.113. The fourth-order valence-corrected chi connectivity index (χ4v) is 2.01. The highest BCUT2D eigenvalue weighted by Gasteiger charge is 2.16. The number of hydrogen-bond donors (Lipinski definition) is 1. The number of hydrogen-bond acceptors (Lipinski definition) is 3. The van der Waals surface area contributed by atoms with Crippen LogP contribution in [0, 0.1) is 11.8 Å². The predicted molar refractivity (Wildman–Crippen MR) is 70.6 cm³/mol. The molecule has 0 spiro atoms.